The van der Waals surface area contributed by atoms with Crippen molar-refractivity contribution < 1.29 is 19.1 Å². The van der Waals surface area contributed by atoms with Gasteiger partial charge in [-0.1, -0.05) is 0 Å². The molecule has 1 aliphatic heterocycles. The predicted molar refractivity (Wildman–Crippen MR) is 94.7 cm³/mol. The average Bonchev–Trinajstić information content (AvgIpc) is 2.46. The molecule has 0 radical (unpaired) electrons. The van der Waals surface area contributed by atoms with Gasteiger partial charge in [-0.25, -0.2) is 4.79 Å². The van der Waals surface area contributed by atoms with E-state index in [1.165, 1.54) is 0 Å². The highest BCUT2D eigenvalue weighted by Crippen LogP contribution is 2.32. The summed E-state index contributed by atoms with van der Waals surface area (Å²) < 4.78 is 5.48. The van der Waals surface area contributed by atoms with Crippen LogP contribution >= 0.6 is 0 Å². The van der Waals surface area contributed by atoms with Gasteiger partial charge in [0, 0.05) is 11.2 Å². The highest BCUT2D eigenvalue weighted by Gasteiger charge is 2.24. The average molecular weight is 348 g/mol. The molecule has 8 nitrogen and oxygen atoms in total. The van der Waals surface area contributed by atoms with Crippen molar-refractivity contribution in [2.45, 2.75) is 52.3 Å². The summed E-state index contributed by atoms with van der Waals surface area (Å²) in [5.74, 6) is -0.123. The third kappa shape index (κ3) is 5.10. The number of ether oxygens (including phenoxy) is 1. The highest BCUT2D eigenvalue weighted by atomic mass is 16.5. The van der Waals surface area contributed by atoms with Gasteiger partial charge >= 0.3 is 6.03 Å². The minimum Gasteiger partial charge on any atom is -0.479 e. The Morgan fingerprint density at radius 3 is 2.60 bits per heavy atom. The SMILES string of the molecule is CC(Nc1ccc2c(c1)NC(=O)C(C)O2)C(=O)NC(=O)NC(C)(C)C. The zero-order valence-corrected chi connectivity index (χ0v) is 15.0. The molecule has 1 aliphatic rings. The number of carbonyl (C=O) groups excluding carboxylic acids is 3. The van der Waals surface area contributed by atoms with E-state index in [1.807, 2.05) is 20.8 Å². The lowest BCUT2D eigenvalue weighted by atomic mass is 10.1. The summed E-state index contributed by atoms with van der Waals surface area (Å²) in [4.78, 5) is 35.5. The minimum absolute atomic E-state index is 0.228. The molecule has 0 bridgehead atoms. The van der Waals surface area contributed by atoms with E-state index in [1.54, 1.807) is 32.0 Å². The number of urea groups is 1. The topological polar surface area (TPSA) is 109 Å². The molecular formula is C17H24N4O4. The fourth-order valence-electron chi connectivity index (χ4n) is 2.21. The number of carbonyl (C=O) groups is 3. The third-order valence-electron chi connectivity index (χ3n) is 3.41. The van der Waals surface area contributed by atoms with Crippen molar-refractivity contribution in [3.63, 3.8) is 0 Å². The van der Waals surface area contributed by atoms with E-state index in [-0.39, 0.29) is 5.91 Å². The van der Waals surface area contributed by atoms with Crippen LogP contribution in [0.15, 0.2) is 18.2 Å². The minimum atomic E-state index is -0.650. The fourth-order valence-corrected chi connectivity index (χ4v) is 2.21. The van der Waals surface area contributed by atoms with Crippen LogP contribution in [0.25, 0.3) is 0 Å². The Labute approximate surface area is 146 Å². The van der Waals surface area contributed by atoms with Crippen LogP contribution in [-0.4, -0.2) is 35.5 Å². The monoisotopic (exact) mass is 348 g/mol. The number of benzene rings is 1. The second-order valence-electron chi connectivity index (χ2n) is 7.02. The molecular weight excluding hydrogens is 324 g/mol. The highest BCUT2D eigenvalue weighted by molar-refractivity contribution is 5.99. The summed E-state index contributed by atoms with van der Waals surface area (Å²) in [7, 11) is 0. The van der Waals surface area contributed by atoms with Gasteiger partial charge in [0.05, 0.1) is 5.69 Å². The molecule has 0 aromatic heterocycles. The van der Waals surface area contributed by atoms with Gasteiger partial charge in [-0.15, -0.1) is 0 Å². The van der Waals surface area contributed by atoms with E-state index < -0.39 is 29.6 Å². The van der Waals surface area contributed by atoms with E-state index in [2.05, 4.69) is 21.3 Å². The number of amides is 4. The molecule has 8 heteroatoms. The van der Waals surface area contributed by atoms with E-state index >= 15 is 0 Å². The second-order valence-corrected chi connectivity index (χ2v) is 7.02. The van der Waals surface area contributed by atoms with Crippen LogP contribution in [0, 0.1) is 0 Å². The largest absolute Gasteiger partial charge is 0.479 e. The first-order valence-electron chi connectivity index (χ1n) is 8.06. The van der Waals surface area contributed by atoms with Crippen LogP contribution in [-0.2, 0) is 9.59 Å². The Bertz CT molecular complexity index is 696. The fraction of sp³-hybridized carbons (Fsp3) is 0.471. The van der Waals surface area contributed by atoms with Crippen LogP contribution in [0.2, 0.25) is 0 Å². The number of rotatable bonds is 3. The summed E-state index contributed by atoms with van der Waals surface area (Å²) >= 11 is 0. The quantitative estimate of drug-likeness (QED) is 0.666. The van der Waals surface area contributed by atoms with Crippen molar-refractivity contribution in [2.24, 2.45) is 0 Å². The summed E-state index contributed by atoms with van der Waals surface area (Å²) in [5, 5.41) is 10.7. The molecule has 1 aromatic rings. The lowest BCUT2D eigenvalue weighted by molar-refractivity contribution is -0.123. The summed E-state index contributed by atoms with van der Waals surface area (Å²) in [6.45, 7) is 8.77. The van der Waals surface area contributed by atoms with Crippen LogP contribution in [0.5, 0.6) is 5.75 Å². The van der Waals surface area contributed by atoms with Gasteiger partial charge < -0.3 is 20.7 Å². The van der Waals surface area contributed by atoms with Gasteiger partial charge in [-0.2, -0.15) is 0 Å². The van der Waals surface area contributed by atoms with Crippen molar-refractivity contribution >= 4 is 29.2 Å². The first-order valence-corrected chi connectivity index (χ1v) is 8.06. The van der Waals surface area contributed by atoms with Gasteiger partial charge in [-0.3, -0.25) is 14.9 Å². The number of hydrogen-bond donors (Lipinski definition) is 4. The van der Waals surface area contributed by atoms with Crippen molar-refractivity contribution in [1.29, 1.82) is 0 Å². The van der Waals surface area contributed by atoms with Crippen molar-refractivity contribution in [3.05, 3.63) is 18.2 Å². The molecule has 0 spiro atoms. The van der Waals surface area contributed by atoms with Crippen molar-refractivity contribution in [3.8, 4) is 5.75 Å². The van der Waals surface area contributed by atoms with E-state index in [0.29, 0.717) is 17.1 Å². The Hall–Kier alpha value is -2.77. The first kappa shape index (κ1) is 18.6. The summed E-state index contributed by atoms with van der Waals surface area (Å²) in [6, 6.07) is 3.93. The zero-order chi connectivity index (χ0) is 18.8. The van der Waals surface area contributed by atoms with E-state index in [9.17, 15) is 14.4 Å². The molecule has 2 rings (SSSR count). The third-order valence-corrected chi connectivity index (χ3v) is 3.41. The van der Waals surface area contributed by atoms with Gasteiger partial charge in [-0.05, 0) is 52.8 Å². The van der Waals surface area contributed by atoms with E-state index in [0.717, 1.165) is 0 Å². The van der Waals surface area contributed by atoms with E-state index in [4.69, 9.17) is 4.74 Å². The molecule has 0 saturated heterocycles. The van der Waals surface area contributed by atoms with Gasteiger partial charge in [0.15, 0.2) is 6.10 Å². The number of fused-ring (bicyclic) bond motifs is 1. The number of hydrogen-bond acceptors (Lipinski definition) is 5. The van der Waals surface area contributed by atoms with Crippen LogP contribution in [0.3, 0.4) is 0 Å². The van der Waals surface area contributed by atoms with Crippen molar-refractivity contribution in [1.82, 2.24) is 10.6 Å². The number of imide groups is 1. The van der Waals surface area contributed by atoms with Crippen LogP contribution < -0.4 is 26.0 Å². The lowest BCUT2D eigenvalue weighted by Crippen LogP contribution is -2.51. The Morgan fingerprint density at radius 2 is 1.96 bits per heavy atom. The van der Waals surface area contributed by atoms with Crippen LogP contribution in [0.4, 0.5) is 16.2 Å². The maximum atomic E-state index is 12.1. The molecule has 0 saturated carbocycles. The molecule has 4 N–H and O–H groups in total. The normalized spacial score (nSPS) is 17.5. The van der Waals surface area contributed by atoms with Crippen molar-refractivity contribution in [2.75, 3.05) is 10.6 Å². The predicted octanol–water partition coefficient (Wildman–Crippen LogP) is 1.83. The Morgan fingerprint density at radius 1 is 1.28 bits per heavy atom. The molecule has 25 heavy (non-hydrogen) atoms. The maximum Gasteiger partial charge on any atom is 0.321 e. The first-order chi connectivity index (χ1) is 11.5. The summed E-state index contributed by atoms with van der Waals surface area (Å²) in [6.07, 6.45) is -0.544. The molecule has 1 aromatic carbocycles. The molecule has 2 unspecified atom stereocenters. The molecule has 2 atom stereocenters. The lowest BCUT2D eigenvalue weighted by Gasteiger charge is -2.24. The Kier molecular flexibility index (Phi) is 5.20. The van der Waals surface area contributed by atoms with Gasteiger partial charge in [0.2, 0.25) is 5.91 Å². The Balaban J connectivity index is 1.97. The summed E-state index contributed by atoms with van der Waals surface area (Å²) in [5.41, 5.74) is 0.719. The molecule has 4 amide bonds. The number of nitrogens with one attached hydrogen (secondary N) is 4. The zero-order valence-electron chi connectivity index (χ0n) is 15.0. The molecule has 0 fully saturated rings. The smallest absolute Gasteiger partial charge is 0.321 e. The molecule has 0 aliphatic carbocycles. The van der Waals surface area contributed by atoms with Gasteiger partial charge in [0.1, 0.15) is 11.8 Å². The standard InChI is InChI=1S/C17H24N4O4/c1-9(14(22)20-16(24)21-17(3,4)5)18-11-6-7-13-12(8-11)19-15(23)10(2)25-13/h6-10,18H,1-5H3,(H,19,23)(H2,20,21,22,24). The molecule has 136 valence electrons. The molecule has 1 heterocycles. The van der Waals surface area contributed by atoms with Crippen LogP contribution in [0.1, 0.15) is 34.6 Å². The number of anilines is 2. The van der Waals surface area contributed by atoms with Gasteiger partial charge in [0.25, 0.3) is 5.91 Å². The maximum absolute atomic E-state index is 12.1. The second kappa shape index (κ2) is 7.00.